The molecule has 0 fully saturated rings. The van der Waals surface area contributed by atoms with Gasteiger partial charge in [-0.25, -0.2) is 0 Å². The largest absolute Gasteiger partial charge is 0.416 e. The van der Waals surface area contributed by atoms with Gasteiger partial charge in [-0.15, -0.1) is 0 Å². The van der Waals surface area contributed by atoms with Gasteiger partial charge in [0, 0.05) is 19.6 Å². The minimum Gasteiger partial charge on any atom is -0.299 e. The predicted molar refractivity (Wildman–Crippen MR) is 120 cm³/mol. The van der Waals surface area contributed by atoms with Crippen molar-refractivity contribution >= 4 is 5.57 Å². The molecular weight excluding hydrogens is 395 g/mol. The molecule has 0 N–H and O–H groups in total. The van der Waals surface area contributed by atoms with Gasteiger partial charge in [0.25, 0.3) is 0 Å². The number of halogens is 3. The second-order valence-corrected chi connectivity index (χ2v) is 8.09. The molecule has 3 aromatic carbocycles. The van der Waals surface area contributed by atoms with Gasteiger partial charge in [-0.3, -0.25) is 4.90 Å². The van der Waals surface area contributed by atoms with Crippen LogP contribution in [0.2, 0.25) is 0 Å². The van der Waals surface area contributed by atoms with Crippen molar-refractivity contribution < 1.29 is 13.2 Å². The summed E-state index contributed by atoms with van der Waals surface area (Å²) in [6, 6.07) is 24.9. The topological polar surface area (TPSA) is 3.24 Å². The van der Waals surface area contributed by atoms with E-state index in [-0.39, 0.29) is 0 Å². The highest BCUT2D eigenvalue weighted by Gasteiger charge is 2.30. The highest BCUT2D eigenvalue weighted by molar-refractivity contribution is 5.67. The Hall–Kier alpha value is -2.85. The van der Waals surface area contributed by atoms with Gasteiger partial charge >= 0.3 is 6.18 Å². The lowest BCUT2D eigenvalue weighted by molar-refractivity contribution is -0.137. The molecule has 0 radical (unpaired) electrons. The summed E-state index contributed by atoms with van der Waals surface area (Å²) in [4.78, 5) is 2.36. The molecule has 160 valence electrons. The molecule has 1 nitrogen and oxygen atoms in total. The van der Waals surface area contributed by atoms with Crippen molar-refractivity contribution in [2.75, 3.05) is 19.6 Å². The van der Waals surface area contributed by atoms with Crippen LogP contribution in [0.25, 0.3) is 5.57 Å². The Morgan fingerprint density at radius 3 is 2.16 bits per heavy atom. The lowest BCUT2D eigenvalue weighted by Crippen LogP contribution is -2.30. The van der Waals surface area contributed by atoms with Gasteiger partial charge in [0.15, 0.2) is 0 Å². The van der Waals surface area contributed by atoms with Crippen molar-refractivity contribution in [2.45, 2.75) is 25.4 Å². The number of benzene rings is 3. The molecule has 0 saturated heterocycles. The summed E-state index contributed by atoms with van der Waals surface area (Å²) >= 11 is 0. The zero-order valence-corrected chi connectivity index (χ0v) is 17.4. The van der Waals surface area contributed by atoms with E-state index in [1.807, 2.05) is 6.07 Å². The summed E-state index contributed by atoms with van der Waals surface area (Å²) in [6.45, 7) is 2.59. The minimum absolute atomic E-state index is 0.580. The second kappa shape index (κ2) is 9.52. The maximum absolute atomic E-state index is 13.0. The SMILES string of the molecule is FC(F)(F)c1cccc(C2=CCN(CCc3ccc(Cc4ccccc4)cc3)CC2)c1. The fraction of sp³-hybridized carbons (Fsp3) is 0.259. The minimum atomic E-state index is -4.30. The van der Waals surface area contributed by atoms with Gasteiger partial charge in [0.05, 0.1) is 5.56 Å². The first-order valence-electron chi connectivity index (χ1n) is 10.7. The first-order valence-corrected chi connectivity index (χ1v) is 10.7. The highest BCUT2D eigenvalue weighted by atomic mass is 19.4. The van der Waals surface area contributed by atoms with E-state index in [1.54, 1.807) is 6.07 Å². The zero-order chi connectivity index (χ0) is 21.7. The van der Waals surface area contributed by atoms with Crippen LogP contribution in [0.4, 0.5) is 13.2 Å². The van der Waals surface area contributed by atoms with E-state index in [0.717, 1.165) is 50.5 Å². The molecule has 1 aliphatic rings. The van der Waals surface area contributed by atoms with Crippen LogP contribution in [0.5, 0.6) is 0 Å². The molecule has 0 saturated carbocycles. The fourth-order valence-corrected chi connectivity index (χ4v) is 4.01. The molecule has 0 atom stereocenters. The molecule has 0 aromatic heterocycles. The molecule has 1 heterocycles. The van der Waals surface area contributed by atoms with Crippen LogP contribution in [0.15, 0.2) is 84.9 Å². The third-order valence-corrected chi connectivity index (χ3v) is 5.84. The Labute approximate surface area is 181 Å². The normalized spacial score (nSPS) is 15.0. The van der Waals surface area contributed by atoms with Gasteiger partial charge in [-0.05, 0) is 59.2 Å². The average molecular weight is 422 g/mol. The Morgan fingerprint density at radius 1 is 0.774 bits per heavy atom. The van der Waals surface area contributed by atoms with Crippen LogP contribution in [0.3, 0.4) is 0 Å². The summed E-state index contributed by atoms with van der Waals surface area (Å²) in [7, 11) is 0. The van der Waals surface area contributed by atoms with Crippen molar-refractivity contribution in [3.63, 3.8) is 0 Å². The van der Waals surface area contributed by atoms with Crippen molar-refractivity contribution in [3.05, 3.63) is 113 Å². The van der Waals surface area contributed by atoms with Crippen LogP contribution < -0.4 is 0 Å². The summed E-state index contributed by atoms with van der Waals surface area (Å²) in [6.07, 6.45) is 0.460. The van der Waals surface area contributed by atoms with E-state index in [0.29, 0.717) is 5.56 Å². The molecule has 4 heteroatoms. The van der Waals surface area contributed by atoms with E-state index < -0.39 is 11.7 Å². The molecule has 3 aromatic rings. The van der Waals surface area contributed by atoms with Crippen molar-refractivity contribution in [2.24, 2.45) is 0 Å². The monoisotopic (exact) mass is 421 g/mol. The number of nitrogens with zero attached hydrogens (tertiary/aromatic N) is 1. The molecule has 0 aliphatic carbocycles. The molecule has 0 amide bonds. The van der Waals surface area contributed by atoms with Gasteiger partial charge in [0.1, 0.15) is 0 Å². The third-order valence-electron chi connectivity index (χ3n) is 5.84. The van der Waals surface area contributed by atoms with E-state index in [9.17, 15) is 13.2 Å². The molecule has 31 heavy (non-hydrogen) atoms. The smallest absolute Gasteiger partial charge is 0.299 e. The Kier molecular flexibility index (Phi) is 6.57. The van der Waals surface area contributed by atoms with Crippen LogP contribution in [0.1, 0.15) is 34.2 Å². The van der Waals surface area contributed by atoms with Gasteiger partial charge < -0.3 is 0 Å². The van der Waals surface area contributed by atoms with E-state index in [1.165, 1.54) is 28.8 Å². The molecule has 0 bridgehead atoms. The fourth-order valence-electron chi connectivity index (χ4n) is 4.01. The van der Waals surface area contributed by atoms with Crippen LogP contribution >= 0.6 is 0 Å². The first kappa shape index (κ1) is 21.4. The van der Waals surface area contributed by atoms with Crippen molar-refractivity contribution in [1.29, 1.82) is 0 Å². The second-order valence-electron chi connectivity index (χ2n) is 8.09. The van der Waals surface area contributed by atoms with Crippen LogP contribution in [-0.2, 0) is 19.0 Å². The van der Waals surface area contributed by atoms with Gasteiger partial charge in [-0.2, -0.15) is 13.2 Å². The lowest BCUT2D eigenvalue weighted by Gasteiger charge is -2.26. The number of hydrogen-bond donors (Lipinski definition) is 0. The predicted octanol–water partition coefficient (Wildman–Crippen LogP) is 6.63. The molecular formula is C27H26F3N. The number of rotatable bonds is 6. The maximum atomic E-state index is 13.0. The summed E-state index contributed by atoms with van der Waals surface area (Å²) in [5.41, 5.74) is 5.04. The Balaban J connectivity index is 1.30. The van der Waals surface area contributed by atoms with E-state index >= 15 is 0 Å². The van der Waals surface area contributed by atoms with E-state index in [4.69, 9.17) is 0 Å². The molecule has 0 unspecified atom stereocenters. The third kappa shape index (κ3) is 5.86. The van der Waals surface area contributed by atoms with Crippen molar-refractivity contribution in [3.8, 4) is 0 Å². The first-order chi connectivity index (χ1) is 15.0. The average Bonchev–Trinajstić information content (AvgIpc) is 2.79. The zero-order valence-electron chi connectivity index (χ0n) is 17.4. The summed E-state index contributed by atoms with van der Waals surface area (Å²) in [5, 5.41) is 0. The number of alkyl halides is 3. The Morgan fingerprint density at radius 2 is 1.48 bits per heavy atom. The Bertz CT molecular complexity index is 1020. The highest BCUT2D eigenvalue weighted by Crippen LogP contribution is 2.32. The van der Waals surface area contributed by atoms with Crippen LogP contribution in [0, 0.1) is 0 Å². The molecule has 4 rings (SSSR count). The summed E-state index contributed by atoms with van der Waals surface area (Å²) in [5.74, 6) is 0. The van der Waals surface area contributed by atoms with Crippen LogP contribution in [-0.4, -0.2) is 24.5 Å². The van der Waals surface area contributed by atoms with Gasteiger partial charge in [0.2, 0.25) is 0 Å². The van der Waals surface area contributed by atoms with E-state index in [2.05, 4.69) is 59.5 Å². The summed E-state index contributed by atoms with van der Waals surface area (Å²) < 4.78 is 38.9. The standard InChI is InChI=1S/C27H26F3N/c28-27(29,30)26-8-4-7-25(20-26)24-14-17-31(18-15-24)16-13-21-9-11-23(12-10-21)19-22-5-2-1-3-6-22/h1-12,14,20H,13,15-19H2. The number of hydrogen-bond acceptors (Lipinski definition) is 1. The maximum Gasteiger partial charge on any atom is 0.416 e. The van der Waals surface area contributed by atoms with Crippen molar-refractivity contribution in [1.82, 2.24) is 4.90 Å². The molecule has 1 aliphatic heterocycles. The quantitative estimate of drug-likeness (QED) is 0.432. The molecule has 0 spiro atoms. The van der Waals surface area contributed by atoms with Gasteiger partial charge in [-0.1, -0.05) is 72.8 Å². The lowest BCUT2D eigenvalue weighted by atomic mass is 9.97.